The van der Waals surface area contributed by atoms with Crippen LogP contribution in [0.3, 0.4) is 0 Å². The van der Waals surface area contributed by atoms with Crippen LogP contribution in [0.25, 0.3) is 0 Å². The molecule has 3 saturated heterocycles. The average molecular weight is 487 g/mol. The summed E-state index contributed by atoms with van der Waals surface area (Å²) in [5.74, 6) is -2.82. The highest BCUT2D eigenvalue weighted by molar-refractivity contribution is 5.98. The number of rotatable bonds is 9. The normalized spacial score (nSPS) is 35.0. The van der Waals surface area contributed by atoms with Gasteiger partial charge in [-0.2, -0.15) is 0 Å². The quantitative estimate of drug-likeness (QED) is 0.519. The van der Waals surface area contributed by atoms with E-state index >= 15 is 0 Å². The summed E-state index contributed by atoms with van der Waals surface area (Å²) in [5, 5.41) is 13.4. The van der Waals surface area contributed by atoms with Crippen molar-refractivity contribution >= 4 is 17.8 Å². The maximum atomic E-state index is 14.1. The molecule has 3 fully saturated rings. The van der Waals surface area contributed by atoms with Crippen LogP contribution in [0.2, 0.25) is 0 Å². The highest BCUT2D eigenvalue weighted by Gasteiger charge is 2.80. The Balaban J connectivity index is 1.77. The van der Waals surface area contributed by atoms with Crippen LogP contribution in [0.4, 0.5) is 0 Å². The van der Waals surface area contributed by atoms with Gasteiger partial charge in [0, 0.05) is 6.54 Å². The second kappa shape index (κ2) is 9.54. The molecule has 2 bridgehead atoms. The molecule has 0 radical (unpaired) electrons. The van der Waals surface area contributed by atoms with Gasteiger partial charge in [0.25, 0.3) is 0 Å². The van der Waals surface area contributed by atoms with Crippen LogP contribution in [0.5, 0.6) is 0 Å². The van der Waals surface area contributed by atoms with Crippen molar-refractivity contribution in [2.45, 2.75) is 77.3 Å². The van der Waals surface area contributed by atoms with Crippen molar-refractivity contribution in [2.75, 3.05) is 13.2 Å². The largest absolute Gasteiger partial charge is 0.466 e. The van der Waals surface area contributed by atoms with E-state index in [4.69, 9.17) is 9.47 Å². The highest BCUT2D eigenvalue weighted by atomic mass is 16.6. The summed E-state index contributed by atoms with van der Waals surface area (Å²) >= 11 is 0. The van der Waals surface area contributed by atoms with E-state index in [-0.39, 0.29) is 36.9 Å². The minimum Gasteiger partial charge on any atom is -0.466 e. The molecule has 8 atom stereocenters. The van der Waals surface area contributed by atoms with Gasteiger partial charge in [0.05, 0.1) is 30.8 Å². The van der Waals surface area contributed by atoms with Crippen LogP contribution in [0.15, 0.2) is 30.3 Å². The van der Waals surface area contributed by atoms with E-state index < -0.39 is 41.1 Å². The van der Waals surface area contributed by atoms with Crippen molar-refractivity contribution in [3.63, 3.8) is 0 Å². The van der Waals surface area contributed by atoms with Gasteiger partial charge in [0.15, 0.2) is 0 Å². The SMILES string of the molecule is CCOC(=O)[C@H]1[C@H]2C(=O)N([C@@H](CO)[C@@H](C)CC)C(C(=O)NCc3ccccc3)C23CC(C)[C@]1(C)O3. The third-order valence-corrected chi connectivity index (χ3v) is 8.70. The lowest BCUT2D eigenvalue weighted by molar-refractivity contribution is -0.162. The highest BCUT2D eigenvalue weighted by Crippen LogP contribution is 2.65. The smallest absolute Gasteiger partial charge is 0.312 e. The zero-order valence-corrected chi connectivity index (χ0v) is 21.3. The van der Waals surface area contributed by atoms with E-state index in [0.29, 0.717) is 13.0 Å². The second-order valence-corrected chi connectivity index (χ2v) is 10.5. The molecule has 1 spiro atoms. The molecule has 0 saturated carbocycles. The number of aliphatic hydroxyl groups excluding tert-OH is 1. The van der Waals surface area contributed by atoms with Gasteiger partial charge in [-0.1, -0.05) is 57.5 Å². The number of nitrogens with one attached hydrogen (secondary N) is 1. The Morgan fingerprint density at radius 2 is 1.97 bits per heavy atom. The van der Waals surface area contributed by atoms with Gasteiger partial charge >= 0.3 is 5.97 Å². The molecule has 192 valence electrons. The molecule has 1 aromatic rings. The summed E-state index contributed by atoms with van der Waals surface area (Å²) in [6.45, 7) is 9.78. The Bertz CT molecular complexity index is 970. The fourth-order valence-electron chi connectivity index (χ4n) is 6.62. The number of aliphatic hydroxyl groups is 1. The number of carbonyl (C=O) groups excluding carboxylic acids is 3. The summed E-state index contributed by atoms with van der Waals surface area (Å²) in [6.07, 6.45) is 1.20. The Labute approximate surface area is 207 Å². The van der Waals surface area contributed by atoms with E-state index in [1.165, 1.54) is 4.90 Å². The first-order valence-corrected chi connectivity index (χ1v) is 12.8. The number of hydrogen-bond acceptors (Lipinski definition) is 6. The van der Waals surface area contributed by atoms with Gasteiger partial charge in [-0.3, -0.25) is 14.4 Å². The van der Waals surface area contributed by atoms with Gasteiger partial charge in [-0.05, 0) is 37.7 Å². The maximum Gasteiger partial charge on any atom is 0.312 e. The Morgan fingerprint density at radius 3 is 2.57 bits per heavy atom. The number of esters is 1. The van der Waals surface area contributed by atoms with E-state index in [0.717, 1.165) is 12.0 Å². The molecule has 2 N–H and O–H groups in total. The van der Waals surface area contributed by atoms with Crippen molar-refractivity contribution in [1.29, 1.82) is 0 Å². The number of hydrogen-bond donors (Lipinski definition) is 2. The fourth-order valence-corrected chi connectivity index (χ4v) is 6.62. The number of benzene rings is 1. The van der Waals surface area contributed by atoms with Gasteiger partial charge < -0.3 is 24.8 Å². The van der Waals surface area contributed by atoms with Gasteiger partial charge in [-0.25, -0.2) is 0 Å². The first-order chi connectivity index (χ1) is 16.7. The van der Waals surface area contributed by atoms with E-state index in [1.807, 2.05) is 58.0 Å². The number of carbonyl (C=O) groups is 3. The number of ether oxygens (including phenoxy) is 2. The molecule has 1 aromatic carbocycles. The standard InChI is InChI=1S/C27H38N2O6/c1-6-16(3)19(15-30)29-22(23(31)28-14-18-11-9-8-10-12-18)27-13-17(4)26(5,35-27)21(20(27)24(29)32)25(33)34-7-2/h8-12,16-17,19-22,30H,6-7,13-15H2,1-5H3,(H,28,31)/t16-,17?,19-,20-,21+,22?,26-,27?/m0/s1. The van der Waals surface area contributed by atoms with Gasteiger partial charge in [0.1, 0.15) is 17.6 Å². The molecule has 2 amide bonds. The summed E-state index contributed by atoms with van der Waals surface area (Å²) in [7, 11) is 0. The zero-order valence-electron chi connectivity index (χ0n) is 21.3. The molecular weight excluding hydrogens is 448 g/mol. The van der Waals surface area contributed by atoms with Crippen LogP contribution < -0.4 is 5.32 Å². The lowest BCUT2D eigenvalue weighted by Gasteiger charge is -2.39. The van der Waals surface area contributed by atoms with Crippen LogP contribution in [0, 0.1) is 23.7 Å². The van der Waals surface area contributed by atoms with E-state index in [1.54, 1.807) is 6.92 Å². The van der Waals surface area contributed by atoms with Crippen molar-refractivity contribution in [2.24, 2.45) is 23.7 Å². The molecule has 8 nitrogen and oxygen atoms in total. The van der Waals surface area contributed by atoms with Crippen LogP contribution in [-0.4, -0.2) is 64.3 Å². The molecule has 3 unspecified atom stereocenters. The topological polar surface area (TPSA) is 105 Å². The summed E-state index contributed by atoms with van der Waals surface area (Å²) < 4.78 is 12.0. The van der Waals surface area contributed by atoms with Crippen molar-refractivity contribution < 1.29 is 29.0 Å². The number of amides is 2. The molecule has 35 heavy (non-hydrogen) atoms. The predicted octanol–water partition coefficient (Wildman–Crippen LogP) is 2.28. The summed E-state index contributed by atoms with van der Waals surface area (Å²) in [6, 6.07) is 8.05. The third kappa shape index (κ3) is 3.85. The molecule has 8 heteroatoms. The molecule has 3 aliphatic heterocycles. The monoisotopic (exact) mass is 486 g/mol. The van der Waals surface area contributed by atoms with E-state index in [2.05, 4.69) is 5.32 Å². The molecule has 0 aromatic heterocycles. The minimum absolute atomic E-state index is 0.0464. The molecule has 4 rings (SSSR count). The molecule has 3 heterocycles. The average Bonchev–Trinajstić information content (AvgIpc) is 3.36. The van der Waals surface area contributed by atoms with Crippen molar-refractivity contribution in [1.82, 2.24) is 10.2 Å². The zero-order chi connectivity index (χ0) is 25.5. The van der Waals surface area contributed by atoms with E-state index in [9.17, 15) is 19.5 Å². The molecule has 0 aliphatic carbocycles. The van der Waals surface area contributed by atoms with Crippen LogP contribution in [0.1, 0.15) is 53.0 Å². The van der Waals surface area contributed by atoms with Gasteiger partial charge in [0.2, 0.25) is 11.8 Å². The second-order valence-electron chi connectivity index (χ2n) is 10.5. The summed E-state index contributed by atoms with van der Waals surface area (Å²) in [5.41, 5.74) is -1.11. The van der Waals surface area contributed by atoms with Gasteiger partial charge in [-0.15, -0.1) is 0 Å². The predicted molar refractivity (Wildman–Crippen MR) is 129 cm³/mol. The Hall–Kier alpha value is -2.45. The lowest BCUT2D eigenvalue weighted by atomic mass is 9.62. The number of fused-ring (bicyclic) bond motifs is 1. The Morgan fingerprint density at radius 1 is 1.29 bits per heavy atom. The van der Waals surface area contributed by atoms with Crippen molar-refractivity contribution in [3.8, 4) is 0 Å². The molecule has 3 aliphatic rings. The fraction of sp³-hybridized carbons (Fsp3) is 0.667. The van der Waals surface area contributed by atoms with Crippen LogP contribution >= 0.6 is 0 Å². The maximum absolute atomic E-state index is 14.1. The Kier molecular flexibility index (Phi) is 6.99. The lowest BCUT2D eigenvalue weighted by Crippen LogP contribution is -2.59. The first-order valence-electron chi connectivity index (χ1n) is 12.8. The number of nitrogens with zero attached hydrogens (tertiary/aromatic N) is 1. The minimum atomic E-state index is -1.15. The molecular formula is C27H38N2O6. The number of likely N-dealkylation sites (tertiary alicyclic amines) is 1. The van der Waals surface area contributed by atoms with Crippen LogP contribution in [-0.2, 0) is 30.4 Å². The first kappa shape index (κ1) is 25.6. The summed E-state index contributed by atoms with van der Waals surface area (Å²) in [4.78, 5) is 42.7. The van der Waals surface area contributed by atoms with Crippen molar-refractivity contribution in [3.05, 3.63) is 35.9 Å². The third-order valence-electron chi connectivity index (χ3n) is 8.70.